The first-order valence-corrected chi connectivity index (χ1v) is 32.2. The van der Waals surface area contributed by atoms with Gasteiger partial charge in [-0.05, 0) is 96.0 Å². The Bertz CT molecular complexity index is 1500. The molecule has 0 heterocycles. The summed E-state index contributed by atoms with van der Waals surface area (Å²) in [5.41, 5.74) is 0. The van der Waals surface area contributed by atoms with Crippen LogP contribution in [0, 0.1) is 0 Å². The molecule has 0 fully saturated rings. The molecule has 0 aromatic carbocycles. The Hall–Kier alpha value is -2.55. The van der Waals surface area contributed by atoms with Crippen molar-refractivity contribution in [3.05, 3.63) is 72.9 Å². The molecule has 0 saturated heterocycles. The normalized spacial score (nSPS) is 14.2. The van der Waals surface area contributed by atoms with E-state index in [1.165, 1.54) is 128 Å². The van der Waals surface area contributed by atoms with Gasteiger partial charge in [0.1, 0.15) is 19.3 Å². The van der Waals surface area contributed by atoms with Crippen molar-refractivity contribution in [3.8, 4) is 0 Å². The number of likely N-dealkylation sites (N-methyl/N-ethyl adjacent to an activating group) is 1. The fourth-order valence-corrected chi connectivity index (χ4v) is 9.35. The second kappa shape index (κ2) is 53.8. The van der Waals surface area contributed by atoms with Crippen LogP contribution in [0.5, 0.6) is 0 Å². The number of rotatable bonds is 55. The van der Waals surface area contributed by atoms with Gasteiger partial charge >= 0.3 is 5.97 Å². The fourth-order valence-electron chi connectivity index (χ4n) is 8.63. The van der Waals surface area contributed by atoms with Crippen molar-refractivity contribution in [2.24, 2.45) is 0 Å². The van der Waals surface area contributed by atoms with E-state index in [4.69, 9.17) is 13.8 Å². The number of nitrogens with zero attached hydrogens (tertiary/aromatic N) is 1. The number of nitrogens with one attached hydrogen (secondary N) is 1. The van der Waals surface area contributed by atoms with Crippen LogP contribution in [-0.4, -0.2) is 69.4 Å². The highest BCUT2D eigenvalue weighted by molar-refractivity contribution is 7.45. The molecule has 10 heteroatoms. The van der Waals surface area contributed by atoms with Gasteiger partial charge in [-0.3, -0.25) is 14.2 Å². The zero-order valence-corrected chi connectivity index (χ0v) is 49.9. The second-order valence-corrected chi connectivity index (χ2v) is 23.2. The third-order valence-electron chi connectivity index (χ3n) is 13.4. The average Bonchev–Trinajstić information content (AvgIpc) is 3.36. The van der Waals surface area contributed by atoms with Crippen LogP contribution in [0.4, 0.5) is 0 Å². The Kier molecular flexibility index (Phi) is 52.0. The van der Waals surface area contributed by atoms with Crippen LogP contribution in [0.1, 0.15) is 271 Å². The number of hydrogen-bond acceptors (Lipinski definition) is 7. The van der Waals surface area contributed by atoms with E-state index in [1.807, 2.05) is 33.3 Å². The minimum Gasteiger partial charge on any atom is -0.756 e. The number of phosphoric ester groups is 1. The molecule has 1 N–H and O–H groups in total. The van der Waals surface area contributed by atoms with Crippen LogP contribution < -0.4 is 10.2 Å². The van der Waals surface area contributed by atoms with E-state index in [-0.39, 0.29) is 24.9 Å². The monoisotopic (exact) mass is 1060 g/mol. The third-order valence-corrected chi connectivity index (χ3v) is 14.3. The van der Waals surface area contributed by atoms with E-state index < -0.39 is 26.6 Å². The number of carbonyl (C=O) groups excluding carboxylic acids is 2. The molecule has 430 valence electrons. The smallest absolute Gasteiger partial charge is 0.306 e. The molecule has 0 spiro atoms. The summed E-state index contributed by atoms with van der Waals surface area (Å²) in [6, 6.07) is -0.898. The average molecular weight is 1060 g/mol. The second-order valence-electron chi connectivity index (χ2n) is 21.8. The number of quaternary nitrogens is 1. The van der Waals surface area contributed by atoms with E-state index in [1.54, 1.807) is 0 Å². The first-order chi connectivity index (χ1) is 35.9. The standard InChI is InChI=1S/C64H117N2O7P/c1-7-10-13-16-19-22-25-28-30-31-32-33-34-35-36-38-41-44-47-50-53-56-63(67)65-61(60-72-74(69,70)71-59-58-66(4,5)6)62(55-52-49-46-43-40-37-27-24-21-18-15-12-9-3)73-64(68)57-54-51-48-45-42-39-29-26-23-20-17-14-11-8-2/h11,14,19-20,22-23,28,30,32-33,52,55,61-62H,7-10,12-13,15-18,21,24-27,29,31,34-51,53-54,56-60H2,1-6H3,(H-,65,67,69,70)/b14-11+,22-19-,23-20+,30-28-,33-32-,55-52-. The maximum Gasteiger partial charge on any atom is 0.306 e. The van der Waals surface area contributed by atoms with Crippen molar-refractivity contribution in [1.29, 1.82) is 0 Å². The quantitative estimate of drug-likeness (QED) is 0.0212. The van der Waals surface area contributed by atoms with Crippen LogP contribution in [0.15, 0.2) is 72.9 Å². The van der Waals surface area contributed by atoms with Crippen LogP contribution in [0.25, 0.3) is 0 Å². The number of phosphoric acid groups is 1. The van der Waals surface area contributed by atoms with E-state index in [0.29, 0.717) is 17.4 Å². The Morgan fingerprint density at radius 2 is 0.865 bits per heavy atom. The third kappa shape index (κ3) is 54.2. The predicted octanol–water partition coefficient (Wildman–Crippen LogP) is 18.2. The summed E-state index contributed by atoms with van der Waals surface area (Å²) in [5, 5.41) is 3.02. The highest BCUT2D eigenvalue weighted by Gasteiger charge is 2.27. The van der Waals surface area contributed by atoms with Gasteiger partial charge in [-0.2, -0.15) is 0 Å². The van der Waals surface area contributed by atoms with E-state index in [2.05, 4.69) is 86.8 Å². The Labute approximate surface area is 457 Å². The summed E-state index contributed by atoms with van der Waals surface area (Å²) in [5.74, 6) is -0.557. The Morgan fingerprint density at radius 3 is 1.32 bits per heavy atom. The van der Waals surface area contributed by atoms with Gasteiger partial charge in [0.2, 0.25) is 5.91 Å². The lowest BCUT2D eigenvalue weighted by molar-refractivity contribution is -0.870. The lowest BCUT2D eigenvalue weighted by Gasteiger charge is -2.30. The summed E-state index contributed by atoms with van der Waals surface area (Å²) >= 11 is 0. The summed E-state index contributed by atoms with van der Waals surface area (Å²) < 4.78 is 30.3. The van der Waals surface area contributed by atoms with Crippen molar-refractivity contribution < 1.29 is 37.3 Å². The lowest BCUT2D eigenvalue weighted by atomic mass is 10.0. The zero-order valence-electron chi connectivity index (χ0n) is 49.0. The van der Waals surface area contributed by atoms with Crippen molar-refractivity contribution in [3.63, 3.8) is 0 Å². The van der Waals surface area contributed by atoms with Crippen molar-refractivity contribution >= 4 is 19.7 Å². The Balaban J connectivity index is 5.28. The van der Waals surface area contributed by atoms with Gasteiger partial charge in [0.25, 0.3) is 7.82 Å². The Morgan fingerprint density at radius 1 is 0.486 bits per heavy atom. The first kappa shape index (κ1) is 71.5. The largest absolute Gasteiger partial charge is 0.756 e. The van der Waals surface area contributed by atoms with Crippen LogP contribution in [-0.2, 0) is 27.9 Å². The molecule has 0 rings (SSSR count). The number of hydrogen-bond donors (Lipinski definition) is 1. The number of esters is 1. The number of amides is 1. The highest BCUT2D eigenvalue weighted by atomic mass is 31.2. The molecule has 1 amide bonds. The van der Waals surface area contributed by atoms with Gasteiger partial charge in [-0.25, -0.2) is 0 Å². The van der Waals surface area contributed by atoms with Crippen LogP contribution >= 0.6 is 7.82 Å². The van der Waals surface area contributed by atoms with Gasteiger partial charge < -0.3 is 28.5 Å². The van der Waals surface area contributed by atoms with Gasteiger partial charge in [-0.15, -0.1) is 0 Å². The molecule has 0 radical (unpaired) electrons. The molecule has 0 saturated carbocycles. The summed E-state index contributed by atoms with van der Waals surface area (Å²) in [6.07, 6.45) is 68.6. The lowest BCUT2D eigenvalue weighted by Crippen LogP contribution is -2.47. The zero-order chi connectivity index (χ0) is 54.3. The molecule has 3 unspecified atom stereocenters. The number of unbranched alkanes of at least 4 members (excludes halogenated alkanes) is 29. The SMILES string of the molecule is CC/C=C/C/C=C/CCCCCCCCCC(=O)OC(/C=C\CCCCCCCCCCCCC)C(COP(=O)([O-])OCC[N+](C)(C)C)NC(=O)CCCCCCCCCC/C=C\C/C=C\C/C=C\CCCCC. The van der Waals surface area contributed by atoms with Crippen LogP contribution in [0.2, 0.25) is 0 Å². The minimum atomic E-state index is -4.70. The van der Waals surface area contributed by atoms with Gasteiger partial charge in [-0.1, -0.05) is 235 Å². The molecule has 3 atom stereocenters. The maximum atomic E-state index is 13.5. The van der Waals surface area contributed by atoms with Gasteiger partial charge in [0.05, 0.1) is 33.8 Å². The molecule has 74 heavy (non-hydrogen) atoms. The summed E-state index contributed by atoms with van der Waals surface area (Å²) in [7, 11) is 1.17. The van der Waals surface area contributed by atoms with Crippen molar-refractivity contribution in [1.82, 2.24) is 5.32 Å². The topological polar surface area (TPSA) is 114 Å². The summed E-state index contributed by atoms with van der Waals surface area (Å²) in [4.78, 5) is 40.0. The van der Waals surface area contributed by atoms with Gasteiger partial charge in [0.15, 0.2) is 0 Å². The molecular formula is C64H117N2O7P. The first-order valence-electron chi connectivity index (χ1n) is 30.7. The molecule has 0 aliphatic carbocycles. The van der Waals surface area contributed by atoms with E-state index >= 15 is 0 Å². The van der Waals surface area contributed by atoms with E-state index in [0.717, 1.165) is 109 Å². The van der Waals surface area contributed by atoms with E-state index in [9.17, 15) is 19.0 Å². The minimum absolute atomic E-state index is 0.0274. The fraction of sp³-hybridized carbons (Fsp3) is 0.781. The predicted molar refractivity (Wildman–Crippen MR) is 316 cm³/mol. The number of allylic oxidation sites excluding steroid dienone is 11. The molecule has 9 nitrogen and oxygen atoms in total. The molecule has 0 aliphatic rings. The molecule has 0 aromatic heterocycles. The van der Waals surface area contributed by atoms with Crippen molar-refractivity contribution in [2.75, 3.05) is 40.9 Å². The maximum absolute atomic E-state index is 13.5. The van der Waals surface area contributed by atoms with Crippen LogP contribution in [0.3, 0.4) is 0 Å². The van der Waals surface area contributed by atoms with Gasteiger partial charge in [0, 0.05) is 12.8 Å². The highest BCUT2D eigenvalue weighted by Crippen LogP contribution is 2.38. The molecular weight excluding hydrogens is 940 g/mol. The molecule has 0 aromatic rings. The number of ether oxygens (including phenoxy) is 1. The van der Waals surface area contributed by atoms with Crippen molar-refractivity contribution in [2.45, 2.75) is 283 Å². The summed E-state index contributed by atoms with van der Waals surface area (Å²) in [6.45, 7) is 6.71. The number of carbonyl (C=O) groups is 2. The molecule has 0 bridgehead atoms. The molecule has 0 aliphatic heterocycles.